The SMILES string of the molecule is CC(C)C[C@@H]1CCN(C(=O)c2cc(COc3ccccc3F)[nH]n2)C1. The number of aromatic nitrogens is 2. The number of hydrogen-bond donors (Lipinski definition) is 1. The third-order valence-corrected chi connectivity index (χ3v) is 4.45. The van der Waals surface area contributed by atoms with Gasteiger partial charge in [-0.15, -0.1) is 0 Å². The van der Waals surface area contributed by atoms with Gasteiger partial charge in [-0.25, -0.2) is 4.39 Å². The summed E-state index contributed by atoms with van der Waals surface area (Å²) < 4.78 is 19.0. The predicted octanol–water partition coefficient (Wildman–Crippen LogP) is 3.64. The zero-order valence-electron chi connectivity index (χ0n) is 14.7. The molecule has 1 aromatic heterocycles. The van der Waals surface area contributed by atoms with Gasteiger partial charge in [0.15, 0.2) is 17.3 Å². The zero-order valence-corrected chi connectivity index (χ0v) is 14.7. The van der Waals surface area contributed by atoms with Crippen molar-refractivity contribution in [1.29, 1.82) is 0 Å². The number of aromatic amines is 1. The van der Waals surface area contributed by atoms with Crippen LogP contribution in [0.5, 0.6) is 5.75 Å². The lowest BCUT2D eigenvalue weighted by atomic mass is 9.97. The third-order valence-electron chi connectivity index (χ3n) is 4.45. The predicted molar refractivity (Wildman–Crippen MR) is 92.8 cm³/mol. The Morgan fingerprint density at radius 1 is 1.44 bits per heavy atom. The Labute approximate surface area is 147 Å². The van der Waals surface area contributed by atoms with Crippen molar-refractivity contribution >= 4 is 5.91 Å². The first-order valence-electron chi connectivity index (χ1n) is 8.74. The molecule has 0 unspecified atom stereocenters. The lowest BCUT2D eigenvalue weighted by Crippen LogP contribution is -2.29. The van der Waals surface area contributed by atoms with E-state index in [1.807, 2.05) is 4.90 Å². The van der Waals surface area contributed by atoms with Gasteiger partial charge in [0.05, 0.1) is 5.69 Å². The maximum absolute atomic E-state index is 13.5. The molecule has 0 radical (unpaired) electrons. The number of rotatable bonds is 6. The molecule has 2 heterocycles. The van der Waals surface area contributed by atoms with Crippen molar-refractivity contribution in [3.8, 4) is 5.75 Å². The van der Waals surface area contributed by atoms with Gasteiger partial charge in [-0.1, -0.05) is 26.0 Å². The molecule has 1 saturated heterocycles. The van der Waals surface area contributed by atoms with E-state index in [-0.39, 0.29) is 18.3 Å². The third kappa shape index (κ3) is 4.38. The van der Waals surface area contributed by atoms with Crippen molar-refractivity contribution in [3.05, 3.63) is 47.5 Å². The number of likely N-dealkylation sites (tertiary alicyclic amines) is 1. The molecular weight excluding hydrogens is 321 g/mol. The van der Waals surface area contributed by atoms with E-state index < -0.39 is 5.82 Å². The van der Waals surface area contributed by atoms with E-state index in [4.69, 9.17) is 4.74 Å². The fourth-order valence-electron chi connectivity index (χ4n) is 3.30. The lowest BCUT2D eigenvalue weighted by Gasteiger charge is -2.16. The van der Waals surface area contributed by atoms with E-state index in [0.29, 0.717) is 23.2 Å². The maximum atomic E-state index is 13.5. The number of H-pyrrole nitrogens is 1. The molecule has 1 amide bonds. The number of amides is 1. The van der Waals surface area contributed by atoms with Crippen LogP contribution in [0.2, 0.25) is 0 Å². The van der Waals surface area contributed by atoms with E-state index in [2.05, 4.69) is 24.0 Å². The van der Waals surface area contributed by atoms with Crippen LogP contribution in [-0.4, -0.2) is 34.1 Å². The largest absolute Gasteiger partial charge is 0.484 e. The molecule has 0 bridgehead atoms. The van der Waals surface area contributed by atoms with E-state index in [9.17, 15) is 9.18 Å². The fraction of sp³-hybridized carbons (Fsp3) is 0.474. The van der Waals surface area contributed by atoms with Crippen LogP contribution in [0, 0.1) is 17.7 Å². The van der Waals surface area contributed by atoms with E-state index >= 15 is 0 Å². The average Bonchev–Trinajstić information content (AvgIpc) is 3.22. The number of halogens is 1. The van der Waals surface area contributed by atoms with Crippen LogP contribution in [0.15, 0.2) is 30.3 Å². The fourth-order valence-corrected chi connectivity index (χ4v) is 3.30. The smallest absolute Gasteiger partial charge is 0.274 e. The molecule has 1 fully saturated rings. The Hall–Kier alpha value is -2.37. The molecule has 6 heteroatoms. The highest BCUT2D eigenvalue weighted by molar-refractivity contribution is 5.92. The molecule has 1 atom stereocenters. The number of hydrogen-bond acceptors (Lipinski definition) is 3. The quantitative estimate of drug-likeness (QED) is 0.870. The van der Waals surface area contributed by atoms with Crippen LogP contribution < -0.4 is 4.74 Å². The molecule has 1 aromatic carbocycles. The van der Waals surface area contributed by atoms with Crippen molar-refractivity contribution < 1.29 is 13.9 Å². The summed E-state index contributed by atoms with van der Waals surface area (Å²) >= 11 is 0. The average molecular weight is 345 g/mol. The Bertz CT molecular complexity index is 729. The first-order chi connectivity index (χ1) is 12.0. The van der Waals surface area contributed by atoms with Crippen LogP contribution in [0.1, 0.15) is 42.9 Å². The molecular formula is C19H24FN3O2. The minimum absolute atomic E-state index is 0.0559. The summed E-state index contributed by atoms with van der Waals surface area (Å²) in [4.78, 5) is 14.4. The highest BCUT2D eigenvalue weighted by Gasteiger charge is 2.28. The molecule has 2 aromatic rings. The van der Waals surface area contributed by atoms with E-state index in [1.54, 1.807) is 24.3 Å². The maximum Gasteiger partial charge on any atom is 0.274 e. The number of nitrogens with zero attached hydrogens (tertiary/aromatic N) is 2. The molecule has 1 N–H and O–H groups in total. The van der Waals surface area contributed by atoms with Gasteiger partial charge in [-0.05, 0) is 42.9 Å². The van der Waals surface area contributed by atoms with Crippen LogP contribution in [0.3, 0.4) is 0 Å². The van der Waals surface area contributed by atoms with Crippen LogP contribution >= 0.6 is 0 Å². The Morgan fingerprint density at radius 2 is 2.24 bits per heavy atom. The molecule has 1 aliphatic rings. The minimum Gasteiger partial charge on any atom is -0.484 e. The topological polar surface area (TPSA) is 58.2 Å². The number of ether oxygens (including phenoxy) is 1. The van der Waals surface area contributed by atoms with Gasteiger partial charge in [0, 0.05) is 13.1 Å². The van der Waals surface area contributed by atoms with Gasteiger partial charge in [0.1, 0.15) is 6.61 Å². The number of benzene rings is 1. The molecule has 0 aliphatic carbocycles. The Morgan fingerprint density at radius 3 is 3.00 bits per heavy atom. The van der Waals surface area contributed by atoms with Crippen molar-refractivity contribution in [2.75, 3.05) is 13.1 Å². The van der Waals surface area contributed by atoms with Crippen molar-refractivity contribution in [2.24, 2.45) is 11.8 Å². The summed E-state index contributed by atoms with van der Waals surface area (Å²) in [6.45, 7) is 6.13. The number of carbonyl (C=O) groups excluding carboxylic acids is 1. The Kier molecular flexibility index (Phi) is 5.36. The second-order valence-electron chi connectivity index (χ2n) is 7.03. The van der Waals surface area contributed by atoms with Gasteiger partial charge in [-0.2, -0.15) is 5.10 Å². The van der Waals surface area contributed by atoms with Gasteiger partial charge in [-0.3, -0.25) is 9.89 Å². The van der Waals surface area contributed by atoms with Crippen molar-refractivity contribution in [3.63, 3.8) is 0 Å². The number of nitrogens with one attached hydrogen (secondary N) is 1. The Balaban J connectivity index is 1.56. The number of para-hydroxylation sites is 1. The van der Waals surface area contributed by atoms with Gasteiger partial charge >= 0.3 is 0 Å². The van der Waals surface area contributed by atoms with Crippen molar-refractivity contribution in [1.82, 2.24) is 15.1 Å². The minimum atomic E-state index is -0.411. The molecule has 25 heavy (non-hydrogen) atoms. The van der Waals surface area contributed by atoms with E-state index in [0.717, 1.165) is 25.9 Å². The highest BCUT2D eigenvalue weighted by Crippen LogP contribution is 2.24. The summed E-state index contributed by atoms with van der Waals surface area (Å²) in [5.41, 5.74) is 1.03. The van der Waals surface area contributed by atoms with E-state index in [1.165, 1.54) is 6.07 Å². The van der Waals surface area contributed by atoms with Crippen LogP contribution in [0.25, 0.3) is 0 Å². The van der Waals surface area contributed by atoms with Gasteiger partial charge < -0.3 is 9.64 Å². The van der Waals surface area contributed by atoms with Crippen LogP contribution in [0.4, 0.5) is 4.39 Å². The van der Waals surface area contributed by atoms with Crippen molar-refractivity contribution in [2.45, 2.75) is 33.3 Å². The molecule has 0 spiro atoms. The van der Waals surface area contributed by atoms with Gasteiger partial charge in [0.2, 0.25) is 0 Å². The summed E-state index contributed by atoms with van der Waals surface area (Å²) in [7, 11) is 0. The zero-order chi connectivity index (χ0) is 17.8. The lowest BCUT2D eigenvalue weighted by molar-refractivity contribution is 0.0779. The first-order valence-corrected chi connectivity index (χ1v) is 8.74. The first kappa shape index (κ1) is 17.5. The molecule has 134 valence electrons. The molecule has 5 nitrogen and oxygen atoms in total. The normalized spacial score (nSPS) is 17.3. The second-order valence-corrected chi connectivity index (χ2v) is 7.03. The number of carbonyl (C=O) groups is 1. The molecule has 0 saturated carbocycles. The molecule has 3 rings (SSSR count). The second kappa shape index (κ2) is 7.68. The monoisotopic (exact) mass is 345 g/mol. The summed E-state index contributed by atoms with van der Waals surface area (Å²) in [5.74, 6) is 0.937. The van der Waals surface area contributed by atoms with Crippen LogP contribution in [-0.2, 0) is 6.61 Å². The standard InChI is InChI=1S/C19H24FN3O2/c1-13(2)9-14-7-8-23(11-14)19(24)17-10-15(21-22-17)12-25-18-6-4-3-5-16(18)20/h3-6,10,13-14H,7-9,11-12H2,1-2H3,(H,21,22)/t14-/m0/s1. The van der Waals surface area contributed by atoms with Gasteiger partial charge in [0.25, 0.3) is 5.91 Å². The highest BCUT2D eigenvalue weighted by atomic mass is 19.1. The summed E-state index contributed by atoms with van der Waals surface area (Å²) in [6.07, 6.45) is 2.20. The molecule has 1 aliphatic heterocycles. The summed E-state index contributed by atoms with van der Waals surface area (Å²) in [6, 6.07) is 7.91. The summed E-state index contributed by atoms with van der Waals surface area (Å²) in [5, 5.41) is 6.89.